The molecule has 0 atom stereocenters. The van der Waals surface area contributed by atoms with E-state index in [1.807, 2.05) is 24.3 Å². The summed E-state index contributed by atoms with van der Waals surface area (Å²) in [6.07, 6.45) is 3.28. The zero-order valence-electron chi connectivity index (χ0n) is 11.0. The Labute approximate surface area is 126 Å². The predicted octanol–water partition coefficient (Wildman–Crippen LogP) is 4.11. The van der Waals surface area contributed by atoms with Crippen molar-refractivity contribution in [1.82, 2.24) is 0 Å². The monoisotopic (exact) mass is 331 g/mol. The number of carbonyl (C=O) groups excluding carboxylic acids is 1. The lowest BCUT2D eigenvalue weighted by Crippen LogP contribution is -2.07. The summed E-state index contributed by atoms with van der Waals surface area (Å²) in [6.45, 7) is 0. The molecule has 0 aliphatic carbocycles. The second kappa shape index (κ2) is 6.91. The Bertz CT molecular complexity index is 603. The maximum Gasteiger partial charge on any atom is 0.248 e. The number of hydrogen-bond donors (Lipinski definition) is 1. The highest BCUT2D eigenvalue weighted by Crippen LogP contribution is 2.15. The summed E-state index contributed by atoms with van der Waals surface area (Å²) in [5, 5.41) is 2.78. The number of amides is 1. The summed E-state index contributed by atoms with van der Waals surface area (Å²) in [4.78, 5) is 11.8. The second-order valence-corrected chi connectivity index (χ2v) is 5.02. The quantitative estimate of drug-likeness (QED) is 0.856. The third kappa shape index (κ3) is 4.24. The van der Waals surface area contributed by atoms with E-state index in [1.54, 1.807) is 37.5 Å². The number of methoxy groups -OCH3 is 1. The van der Waals surface area contributed by atoms with Gasteiger partial charge in [-0.25, -0.2) is 0 Å². The van der Waals surface area contributed by atoms with Crippen molar-refractivity contribution in [3.05, 3.63) is 64.6 Å². The molecule has 0 unspecified atom stereocenters. The van der Waals surface area contributed by atoms with E-state index >= 15 is 0 Å². The van der Waals surface area contributed by atoms with Crippen LogP contribution in [-0.4, -0.2) is 13.0 Å². The Kier molecular flexibility index (Phi) is 4.96. The summed E-state index contributed by atoms with van der Waals surface area (Å²) in [5.74, 6) is 0.589. The lowest BCUT2D eigenvalue weighted by Gasteiger charge is -2.03. The van der Waals surface area contributed by atoms with Crippen LogP contribution in [-0.2, 0) is 4.79 Å². The highest BCUT2D eigenvalue weighted by Gasteiger charge is 1.98. The summed E-state index contributed by atoms with van der Waals surface area (Å²) < 4.78 is 6.07. The first-order chi connectivity index (χ1) is 9.67. The van der Waals surface area contributed by atoms with Crippen LogP contribution >= 0.6 is 15.9 Å². The van der Waals surface area contributed by atoms with Gasteiger partial charge in [-0.3, -0.25) is 4.79 Å². The van der Waals surface area contributed by atoms with Crippen LogP contribution in [0.15, 0.2) is 59.1 Å². The number of ether oxygens (including phenoxy) is 1. The third-order valence-electron chi connectivity index (χ3n) is 2.65. The van der Waals surface area contributed by atoms with Crippen molar-refractivity contribution < 1.29 is 9.53 Å². The smallest absolute Gasteiger partial charge is 0.248 e. The van der Waals surface area contributed by atoms with Gasteiger partial charge in [0.25, 0.3) is 0 Å². The Balaban J connectivity index is 1.96. The molecule has 2 rings (SSSR count). The molecule has 0 aromatic heterocycles. The number of halogens is 1. The molecule has 0 saturated heterocycles. The first kappa shape index (κ1) is 14.3. The van der Waals surface area contributed by atoms with Crippen molar-refractivity contribution in [3.8, 4) is 5.75 Å². The van der Waals surface area contributed by atoms with Crippen molar-refractivity contribution in [3.63, 3.8) is 0 Å². The van der Waals surface area contributed by atoms with Gasteiger partial charge in [-0.1, -0.05) is 28.1 Å². The zero-order valence-corrected chi connectivity index (χ0v) is 12.6. The number of anilines is 1. The fourth-order valence-electron chi connectivity index (χ4n) is 1.60. The molecule has 1 N–H and O–H groups in total. The number of benzene rings is 2. The standard InChI is InChI=1S/C16H14BrNO2/c1-20-15-9-7-14(8-10-15)18-16(19)11-4-12-2-5-13(17)6-3-12/h2-11H,1H3,(H,18,19). The predicted molar refractivity (Wildman–Crippen MR) is 84.8 cm³/mol. The Hall–Kier alpha value is -2.07. The van der Waals surface area contributed by atoms with Gasteiger partial charge in [-0.15, -0.1) is 0 Å². The summed E-state index contributed by atoms with van der Waals surface area (Å²) in [5.41, 5.74) is 1.70. The Morgan fingerprint density at radius 3 is 2.35 bits per heavy atom. The molecular formula is C16H14BrNO2. The topological polar surface area (TPSA) is 38.3 Å². The molecule has 102 valence electrons. The average Bonchev–Trinajstić information content (AvgIpc) is 2.47. The van der Waals surface area contributed by atoms with E-state index in [4.69, 9.17) is 4.74 Å². The Morgan fingerprint density at radius 2 is 1.75 bits per heavy atom. The van der Waals surface area contributed by atoms with E-state index in [0.717, 1.165) is 21.5 Å². The average molecular weight is 332 g/mol. The van der Waals surface area contributed by atoms with Gasteiger partial charge in [0, 0.05) is 16.2 Å². The minimum absolute atomic E-state index is 0.168. The van der Waals surface area contributed by atoms with Crippen LogP contribution < -0.4 is 10.1 Å². The van der Waals surface area contributed by atoms with Gasteiger partial charge in [-0.05, 0) is 48.0 Å². The number of rotatable bonds is 4. The van der Waals surface area contributed by atoms with Crippen LogP contribution in [0.2, 0.25) is 0 Å². The minimum atomic E-state index is -0.168. The van der Waals surface area contributed by atoms with Gasteiger partial charge >= 0.3 is 0 Å². The van der Waals surface area contributed by atoms with Crippen LogP contribution in [0.4, 0.5) is 5.69 Å². The van der Waals surface area contributed by atoms with Gasteiger partial charge < -0.3 is 10.1 Å². The van der Waals surface area contributed by atoms with Gasteiger partial charge in [0.15, 0.2) is 0 Å². The molecule has 0 fully saturated rings. The van der Waals surface area contributed by atoms with Crippen molar-refractivity contribution in [2.45, 2.75) is 0 Å². The van der Waals surface area contributed by atoms with Gasteiger partial charge in [-0.2, -0.15) is 0 Å². The normalized spacial score (nSPS) is 10.5. The van der Waals surface area contributed by atoms with Crippen molar-refractivity contribution in [1.29, 1.82) is 0 Å². The van der Waals surface area contributed by atoms with Crippen molar-refractivity contribution >= 4 is 33.6 Å². The molecule has 20 heavy (non-hydrogen) atoms. The third-order valence-corrected chi connectivity index (χ3v) is 3.18. The molecule has 0 heterocycles. The fraction of sp³-hybridized carbons (Fsp3) is 0.0625. The fourth-order valence-corrected chi connectivity index (χ4v) is 1.87. The van der Waals surface area contributed by atoms with Crippen LogP contribution in [0.1, 0.15) is 5.56 Å². The first-order valence-electron chi connectivity index (χ1n) is 6.06. The lowest BCUT2D eigenvalue weighted by molar-refractivity contribution is -0.111. The van der Waals surface area contributed by atoms with E-state index in [1.165, 1.54) is 6.08 Å². The van der Waals surface area contributed by atoms with Crippen molar-refractivity contribution in [2.24, 2.45) is 0 Å². The minimum Gasteiger partial charge on any atom is -0.497 e. The molecule has 0 aliphatic heterocycles. The van der Waals surface area contributed by atoms with Crippen LogP contribution in [0.5, 0.6) is 5.75 Å². The highest BCUT2D eigenvalue weighted by atomic mass is 79.9. The SMILES string of the molecule is COc1ccc(NC(=O)C=Cc2ccc(Br)cc2)cc1. The first-order valence-corrected chi connectivity index (χ1v) is 6.85. The second-order valence-electron chi connectivity index (χ2n) is 4.10. The summed E-state index contributed by atoms with van der Waals surface area (Å²) in [6, 6.07) is 14.9. The molecule has 0 bridgehead atoms. The maximum atomic E-state index is 11.8. The molecule has 0 aliphatic rings. The number of carbonyl (C=O) groups is 1. The zero-order chi connectivity index (χ0) is 14.4. The van der Waals surface area contributed by atoms with Crippen molar-refractivity contribution in [2.75, 3.05) is 12.4 Å². The summed E-state index contributed by atoms with van der Waals surface area (Å²) in [7, 11) is 1.61. The molecule has 3 nitrogen and oxygen atoms in total. The van der Waals surface area contributed by atoms with E-state index < -0.39 is 0 Å². The van der Waals surface area contributed by atoms with E-state index in [2.05, 4.69) is 21.2 Å². The number of hydrogen-bond acceptors (Lipinski definition) is 2. The maximum absolute atomic E-state index is 11.8. The highest BCUT2D eigenvalue weighted by molar-refractivity contribution is 9.10. The number of nitrogens with one attached hydrogen (secondary N) is 1. The van der Waals surface area contributed by atoms with Gasteiger partial charge in [0.2, 0.25) is 5.91 Å². The van der Waals surface area contributed by atoms with E-state index in [9.17, 15) is 4.79 Å². The largest absolute Gasteiger partial charge is 0.497 e. The summed E-state index contributed by atoms with van der Waals surface area (Å²) >= 11 is 3.37. The molecule has 1 amide bonds. The lowest BCUT2D eigenvalue weighted by atomic mass is 10.2. The van der Waals surface area contributed by atoms with E-state index in [0.29, 0.717) is 0 Å². The van der Waals surface area contributed by atoms with Gasteiger partial charge in [0.05, 0.1) is 7.11 Å². The Morgan fingerprint density at radius 1 is 1.10 bits per heavy atom. The van der Waals surface area contributed by atoms with Crippen LogP contribution in [0, 0.1) is 0 Å². The molecule has 2 aromatic rings. The molecule has 4 heteroatoms. The van der Waals surface area contributed by atoms with Crippen LogP contribution in [0.25, 0.3) is 6.08 Å². The van der Waals surface area contributed by atoms with Gasteiger partial charge in [0.1, 0.15) is 5.75 Å². The molecule has 0 saturated carbocycles. The molecule has 0 radical (unpaired) electrons. The molecular weight excluding hydrogens is 318 g/mol. The molecule has 2 aromatic carbocycles. The van der Waals surface area contributed by atoms with E-state index in [-0.39, 0.29) is 5.91 Å². The molecule has 0 spiro atoms. The van der Waals surface area contributed by atoms with Crippen LogP contribution in [0.3, 0.4) is 0 Å².